The summed E-state index contributed by atoms with van der Waals surface area (Å²) in [6.07, 6.45) is 3.52. The van der Waals surface area contributed by atoms with Crippen molar-refractivity contribution in [2.75, 3.05) is 7.11 Å². The molecular formula is C15H13NO3. The molecule has 2 aromatic rings. The van der Waals surface area contributed by atoms with E-state index in [-0.39, 0.29) is 5.78 Å². The number of aromatic nitrogens is 1. The molecule has 19 heavy (non-hydrogen) atoms. The summed E-state index contributed by atoms with van der Waals surface area (Å²) in [7, 11) is 1.58. The van der Waals surface area contributed by atoms with Gasteiger partial charge in [-0.3, -0.25) is 9.78 Å². The van der Waals surface area contributed by atoms with Crippen LogP contribution in [0.25, 0.3) is 0 Å². The lowest BCUT2D eigenvalue weighted by molar-refractivity contribution is 0.0857. The predicted molar refractivity (Wildman–Crippen MR) is 69.7 cm³/mol. The highest BCUT2D eigenvalue weighted by Gasteiger charge is 2.32. The Morgan fingerprint density at radius 3 is 3.00 bits per heavy atom. The molecule has 2 heterocycles. The molecule has 3 rings (SSSR count). The van der Waals surface area contributed by atoms with Crippen LogP contribution in [0.15, 0.2) is 42.7 Å². The molecule has 0 saturated carbocycles. The van der Waals surface area contributed by atoms with Crippen molar-refractivity contribution in [3.8, 4) is 11.5 Å². The van der Waals surface area contributed by atoms with Crippen LogP contribution < -0.4 is 9.47 Å². The smallest absolute Gasteiger partial charge is 0.207 e. The van der Waals surface area contributed by atoms with E-state index in [2.05, 4.69) is 4.98 Å². The van der Waals surface area contributed by atoms with Gasteiger partial charge in [0.2, 0.25) is 5.78 Å². The number of carbonyl (C=O) groups excluding carboxylic acids is 1. The highest BCUT2D eigenvalue weighted by atomic mass is 16.5. The van der Waals surface area contributed by atoms with E-state index in [1.807, 2.05) is 12.1 Å². The Bertz CT molecular complexity index is 610. The monoisotopic (exact) mass is 255 g/mol. The zero-order valence-corrected chi connectivity index (χ0v) is 10.5. The number of fused-ring (bicyclic) bond motifs is 1. The minimum absolute atomic E-state index is 0.00208. The standard InChI is InChI=1S/C15H13NO3/c1-18-11-4-5-13-12(8-11)15(17)14(19-13)7-10-3-2-6-16-9-10/h2-6,8-9,14H,7H2,1H3/t14-/m1/s1. The third kappa shape index (κ3) is 2.17. The zero-order chi connectivity index (χ0) is 13.2. The van der Waals surface area contributed by atoms with Gasteiger partial charge in [0.25, 0.3) is 0 Å². The van der Waals surface area contributed by atoms with Gasteiger partial charge in [-0.15, -0.1) is 0 Å². The van der Waals surface area contributed by atoms with Crippen LogP contribution in [0, 0.1) is 0 Å². The van der Waals surface area contributed by atoms with E-state index in [4.69, 9.17) is 9.47 Å². The Kier molecular flexibility index (Phi) is 2.91. The van der Waals surface area contributed by atoms with Crippen LogP contribution in [0.5, 0.6) is 11.5 Å². The van der Waals surface area contributed by atoms with Crippen molar-refractivity contribution in [1.82, 2.24) is 4.98 Å². The zero-order valence-electron chi connectivity index (χ0n) is 10.5. The summed E-state index contributed by atoms with van der Waals surface area (Å²) < 4.78 is 10.8. The third-order valence-corrected chi connectivity index (χ3v) is 3.16. The number of rotatable bonds is 3. The Balaban J connectivity index is 1.83. The van der Waals surface area contributed by atoms with Gasteiger partial charge in [-0.05, 0) is 29.8 Å². The normalized spacial score (nSPS) is 16.9. The topological polar surface area (TPSA) is 48.4 Å². The molecule has 0 spiro atoms. The summed E-state index contributed by atoms with van der Waals surface area (Å²) in [6.45, 7) is 0. The molecular weight excluding hydrogens is 242 g/mol. The average molecular weight is 255 g/mol. The van der Waals surface area contributed by atoms with Crippen molar-refractivity contribution in [1.29, 1.82) is 0 Å². The summed E-state index contributed by atoms with van der Waals surface area (Å²) in [5.41, 5.74) is 1.58. The first kappa shape index (κ1) is 11.7. The predicted octanol–water partition coefficient (Wildman–Crippen LogP) is 2.28. The molecule has 4 heteroatoms. The van der Waals surface area contributed by atoms with Crippen LogP contribution >= 0.6 is 0 Å². The molecule has 96 valence electrons. The van der Waals surface area contributed by atoms with Gasteiger partial charge in [0.1, 0.15) is 11.5 Å². The van der Waals surface area contributed by atoms with E-state index in [0.717, 1.165) is 5.56 Å². The minimum atomic E-state index is -0.466. The summed E-state index contributed by atoms with van der Waals surface area (Å²) in [5, 5.41) is 0. The van der Waals surface area contributed by atoms with Crippen molar-refractivity contribution in [3.05, 3.63) is 53.9 Å². The molecule has 1 aliphatic rings. The van der Waals surface area contributed by atoms with E-state index in [1.165, 1.54) is 0 Å². The molecule has 1 aromatic heterocycles. The van der Waals surface area contributed by atoms with Gasteiger partial charge in [0.15, 0.2) is 6.10 Å². The fraction of sp³-hybridized carbons (Fsp3) is 0.200. The third-order valence-electron chi connectivity index (χ3n) is 3.16. The molecule has 0 fully saturated rings. The lowest BCUT2D eigenvalue weighted by atomic mass is 10.0. The first-order chi connectivity index (χ1) is 9.28. The molecule has 1 aliphatic heterocycles. The maximum absolute atomic E-state index is 12.3. The van der Waals surface area contributed by atoms with Crippen molar-refractivity contribution >= 4 is 5.78 Å². The number of nitrogens with zero attached hydrogens (tertiary/aromatic N) is 1. The number of hydrogen-bond donors (Lipinski definition) is 0. The number of Topliss-reactive ketones (excluding diaryl/α,β-unsaturated/α-hetero) is 1. The highest BCUT2D eigenvalue weighted by molar-refractivity contribution is 6.05. The first-order valence-corrected chi connectivity index (χ1v) is 6.06. The van der Waals surface area contributed by atoms with E-state index < -0.39 is 6.10 Å². The van der Waals surface area contributed by atoms with Gasteiger partial charge >= 0.3 is 0 Å². The lowest BCUT2D eigenvalue weighted by Crippen LogP contribution is -2.23. The molecule has 1 atom stereocenters. The van der Waals surface area contributed by atoms with Crippen LogP contribution in [0.1, 0.15) is 15.9 Å². The fourth-order valence-electron chi connectivity index (χ4n) is 2.18. The maximum atomic E-state index is 12.3. The molecule has 0 aliphatic carbocycles. The number of pyridine rings is 1. The van der Waals surface area contributed by atoms with E-state index >= 15 is 0 Å². The second-order valence-corrected chi connectivity index (χ2v) is 4.40. The number of methoxy groups -OCH3 is 1. The Morgan fingerprint density at radius 1 is 1.37 bits per heavy atom. The Morgan fingerprint density at radius 2 is 2.26 bits per heavy atom. The van der Waals surface area contributed by atoms with Crippen molar-refractivity contribution < 1.29 is 14.3 Å². The SMILES string of the molecule is COc1ccc2c(c1)C(=O)[C@@H](Cc1cccnc1)O2. The first-order valence-electron chi connectivity index (χ1n) is 6.06. The average Bonchev–Trinajstić information content (AvgIpc) is 2.76. The second kappa shape index (κ2) is 4.72. The minimum Gasteiger partial charge on any atom is -0.497 e. The van der Waals surface area contributed by atoms with Crippen LogP contribution in [-0.2, 0) is 6.42 Å². The molecule has 0 amide bonds. The molecule has 0 saturated heterocycles. The molecule has 4 nitrogen and oxygen atoms in total. The van der Waals surface area contributed by atoms with Gasteiger partial charge in [0.05, 0.1) is 12.7 Å². The summed E-state index contributed by atoms with van der Waals surface area (Å²) in [6, 6.07) is 9.08. The van der Waals surface area contributed by atoms with Gasteiger partial charge in [0, 0.05) is 18.8 Å². The molecule has 0 N–H and O–H groups in total. The quantitative estimate of drug-likeness (QED) is 0.844. The van der Waals surface area contributed by atoms with Crippen LogP contribution in [-0.4, -0.2) is 24.0 Å². The molecule has 0 unspecified atom stereocenters. The van der Waals surface area contributed by atoms with E-state index in [0.29, 0.717) is 23.5 Å². The van der Waals surface area contributed by atoms with Gasteiger partial charge in [-0.2, -0.15) is 0 Å². The van der Waals surface area contributed by atoms with Gasteiger partial charge < -0.3 is 9.47 Å². The van der Waals surface area contributed by atoms with Gasteiger partial charge in [-0.1, -0.05) is 6.07 Å². The van der Waals surface area contributed by atoms with E-state index in [1.54, 1.807) is 37.7 Å². The molecule has 0 radical (unpaired) electrons. The van der Waals surface area contributed by atoms with Gasteiger partial charge in [-0.25, -0.2) is 0 Å². The highest BCUT2D eigenvalue weighted by Crippen LogP contribution is 2.32. The number of hydrogen-bond acceptors (Lipinski definition) is 4. The summed E-state index contributed by atoms with van der Waals surface area (Å²) >= 11 is 0. The second-order valence-electron chi connectivity index (χ2n) is 4.40. The van der Waals surface area contributed by atoms with Crippen LogP contribution in [0.4, 0.5) is 0 Å². The molecule has 1 aromatic carbocycles. The Labute approximate surface area is 111 Å². The summed E-state index contributed by atoms with van der Waals surface area (Å²) in [5.74, 6) is 1.29. The van der Waals surface area contributed by atoms with Crippen LogP contribution in [0.3, 0.4) is 0 Å². The number of benzene rings is 1. The van der Waals surface area contributed by atoms with Crippen LogP contribution in [0.2, 0.25) is 0 Å². The van der Waals surface area contributed by atoms with Crippen molar-refractivity contribution in [3.63, 3.8) is 0 Å². The summed E-state index contributed by atoms with van der Waals surface area (Å²) in [4.78, 5) is 16.3. The lowest BCUT2D eigenvalue weighted by Gasteiger charge is -2.08. The van der Waals surface area contributed by atoms with E-state index in [9.17, 15) is 4.79 Å². The number of carbonyl (C=O) groups is 1. The largest absolute Gasteiger partial charge is 0.497 e. The Hall–Kier alpha value is -2.36. The number of ketones is 1. The maximum Gasteiger partial charge on any atom is 0.207 e. The van der Waals surface area contributed by atoms with Crippen molar-refractivity contribution in [2.45, 2.75) is 12.5 Å². The number of ether oxygens (including phenoxy) is 2. The molecule has 0 bridgehead atoms. The van der Waals surface area contributed by atoms with Crippen molar-refractivity contribution in [2.24, 2.45) is 0 Å². The fourth-order valence-corrected chi connectivity index (χ4v) is 2.18.